The predicted molar refractivity (Wildman–Crippen MR) is 110 cm³/mol. The Morgan fingerprint density at radius 1 is 1.17 bits per heavy atom. The van der Waals surface area contributed by atoms with Crippen LogP contribution >= 0.6 is 24.0 Å². The number of nitrogens with zero attached hydrogens (tertiary/aromatic N) is 2. The summed E-state index contributed by atoms with van der Waals surface area (Å²) >= 11 is 0. The molecule has 5 nitrogen and oxygen atoms in total. The van der Waals surface area contributed by atoms with Gasteiger partial charge in [-0.05, 0) is 44.9 Å². The van der Waals surface area contributed by atoms with Crippen LogP contribution in [0.15, 0.2) is 4.99 Å². The average molecular weight is 453 g/mol. The Bertz CT molecular complexity index is 345. The zero-order chi connectivity index (χ0) is 16.3. The number of rotatable bonds is 11. The molecule has 1 N–H and O–H groups in total. The molecule has 0 bridgehead atoms. The fourth-order valence-corrected chi connectivity index (χ4v) is 2.87. The molecule has 6 heteroatoms. The Balaban J connectivity index is 0.00000288. The Labute approximate surface area is 165 Å². The fourth-order valence-electron chi connectivity index (χ4n) is 2.87. The minimum atomic E-state index is 0. The van der Waals surface area contributed by atoms with Crippen LogP contribution in [0.4, 0.5) is 0 Å². The minimum Gasteiger partial charge on any atom is -0.379 e. The molecule has 142 valence electrons. The largest absolute Gasteiger partial charge is 0.379 e. The number of halogens is 1. The van der Waals surface area contributed by atoms with Crippen molar-refractivity contribution in [1.82, 2.24) is 10.2 Å². The number of guanidine groups is 1. The zero-order valence-corrected chi connectivity index (χ0v) is 17.8. The SMILES string of the molecule is CCNC(=NCCCOC1CCCC1)N(C)CCOCC1CC1.I. The summed E-state index contributed by atoms with van der Waals surface area (Å²) in [6, 6.07) is 0. The van der Waals surface area contributed by atoms with Crippen molar-refractivity contribution in [2.75, 3.05) is 46.5 Å². The number of nitrogens with one attached hydrogen (secondary N) is 1. The lowest BCUT2D eigenvalue weighted by molar-refractivity contribution is 0.0579. The van der Waals surface area contributed by atoms with E-state index in [9.17, 15) is 0 Å². The van der Waals surface area contributed by atoms with E-state index in [1.807, 2.05) is 0 Å². The van der Waals surface area contributed by atoms with Crippen LogP contribution in [0.5, 0.6) is 0 Å². The molecule has 0 spiro atoms. The van der Waals surface area contributed by atoms with E-state index in [0.29, 0.717) is 6.10 Å². The predicted octanol–water partition coefficient (Wildman–Crippen LogP) is 3.28. The topological polar surface area (TPSA) is 46.1 Å². The summed E-state index contributed by atoms with van der Waals surface area (Å²) in [5.74, 6) is 1.81. The molecular weight excluding hydrogens is 417 g/mol. The van der Waals surface area contributed by atoms with Gasteiger partial charge in [-0.25, -0.2) is 0 Å². The smallest absolute Gasteiger partial charge is 0.193 e. The van der Waals surface area contributed by atoms with Gasteiger partial charge in [-0.15, -0.1) is 24.0 Å². The van der Waals surface area contributed by atoms with Gasteiger partial charge in [0.05, 0.1) is 12.7 Å². The molecule has 2 rings (SSSR count). The van der Waals surface area contributed by atoms with E-state index in [2.05, 4.69) is 24.2 Å². The standard InChI is InChI=1S/C18H35N3O2.HI/c1-3-19-18(21(2)12-14-22-15-16-9-10-16)20-11-6-13-23-17-7-4-5-8-17;/h16-17H,3-15H2,1-2H3,(H,19,20);1H. The molecule has 0 aromatic carbocycles. The van der Waals surface area contributed by atoms with E-state index in [1.54, 1.807) is 0 Å². The summed E-state index contributed by atoms with van der Waals surface area (Å²) in [5.41, 5.74) is 0. The van der Waals surface area contributed by atoms with Crippen LogP contribution in [-0.2, 0) is 9.47 Å². The summed E-state index contributed by atoms with van der Waals surface area (Å²) in [6.45, 7) is 7.25. The summed E-state index contributed by atoms with van der Waals surface area (Å²) in [6.07, 6.45) is 9.37. The third-order valence-electron chi connectivity index (χ3n) is 4.54. The van der Waals surface area contributed by atoms with Crippen LogP contribution in [0.1, 0.15) is 51.9 Å². The van der Waals surface area contributed by atoms with Crippen molar-refractivity contribution in [3.05, 3.63) is 0 Å². The molecule has 0 amide bonds. The van der Waals surface area contributed by atoms with Crippen LogP contribution in [0.25, 0.3) is 0 Å². The molecule has 2 aliphatic rings. The van der Waals surface area contributed by atoms with Crippen molar-refractivity contribution in [3.63, 3.8) is 0 Å². The first-order valence-corrected chi connectivity index (χ1v) is 9.48. The van der Waals surface area contributed by atoms with E-state index in [-0.39, 0.29) is 24.0 Å². The number of aliphatic imine (C=N–C) groups is 1. The summed E-state index contributed by atoms with van der Waals surface area (Å²) in [4.78, 5) is 6.86. The highest BCUT2D eigenvalue weighted by molar-refractivity contribution is 14.0. The monoisotopic (exact) mass is 453 g/mol. The molecule has 0 radical (unpaired) electrons. The lowest BCUT2D eigenvalue weighted by Gasteiger charge is -2.22. The Kier molecular flexibility index (Phi) is 12.0. The molecule has 0 saturated heterocycles. The van der Waals surface area contributed by atoms with Gasteiger partial charge in [0, 0.05) is 39.9 Å². The molecule has 2 saturated carbocycles. The first-order valence-electron chi connectivity index (χ1n) is 9.48. The van der Waals surface area contributed by atoms with Gasteiger partial charge >= 0.3 is 0 Å². The minimum absolute atomic E-state index is 0. The fraction of sp³-hybridized carbons (Fsp3) is 0.944. The average Bonchev–Trinajstić information content (AvgIpc) is 3.23. The third kappa shape index (κ3) is 9.42. The Hall–Kier alpha value is -0.0800. The molecule has 0 aliphatic heterocycles. The molecule has 0 heterocycles. The molecule has 2 aliphatic carbocycles. The molecule has 0 aromatic heterocycles. The zero-order valence-electron chi connectivity index (χ0n) is 15.5. The van der Waals surface area contributed by atoms with Crippen molar-refractivity contribution < 1.29 is 9.47 Å². The van der Waals surface area contributed by atoms with Crippen LogP contribution in [-0.4, -0.2) is 63.5 Å². The maximum atomic E-state index is 5.89. The summed E-state index contributed by atoms with van der Waals surface area (Å²) in [7, 11) is 2.08. The number of ether oxygens (including phenoxy) is 2. The van der Waals surface area contributed by atoms with Crippen molar-refractivity contribution >= 4 is 29.9 Å². The number of hydrogen-bond acceptors (Lipinski definition) is 3. The summed E-state index contributed by atoms with van der Waals surface area (Å²) in [5, 5.41) is 3.36. The van der Waals surface area contributed by atoms with Crippen LogP contribution in [0, 0.1) is 5.92 Å². The highest BCUT2D eigenvalue weighted by atomic mass is 127. The quantitative estimate of drug-likeness (QED) is 0.226. The number of hydrogen-bond donors (Lipinski definition) is 1. The first-order chi connectivity index (χ1) is 11.3. The molecule has 2 fully saturated rings. The van der Waals surface area contributed by atoms with Crippen molar-refractivity contribution in [2.24, 2.45) is 10.9 Å². The molecular formula is C18H36IN3O2. The molecule has 0 unspecified atom stereocenters. The second-order valence-electron chi connectivity index (χ2n) is 6.81. The highest BCUT2D eigenvalue weighted by Crippen LogP contribution is 2.28. The van der Waals surface area contributed by atoms with Gasteiger partial charge in [0.15, 0.2) is 5.96 Å². The van der Waals surface area contributed by atoms with Gasteiger partial charge in [0.25, 0.3) is 0 Å². The van der Waals surface area contributed by atoms with Gasteiger partial charge in [-0.1, -0.05) is 12.8 Å². The van der Waals surface area contributed by atoms with Crippen molar-refractivity contribution in [2.45, 2.75) is 58.0 Å². The van der Waals surface area contributed by atoms with E-state index >= 15 is 0 Å². The summed E-state index contributed by atoms with van der Waals surface area (Å²) < 4.78 is 11.6. The maximum Gasteiger partial charge on any atom is 0.193 e. The lowest BCUT2D eigenvalue weighted by atomic mass is 10.3. The van der Waals surface area contributed by atoms with Gasteiger partial charge in [0.2, 0.25) is 0 Å². The van der Waals surface area contributed by atoms with Gasteiger partial charge in [0.1, 0.15) is 0 Å². The van der Waals surface area contributed by atoms with Crippen LogP contribution in [0.3, 0.4) is 0 Å². The normalized spacial score (nSPS) is 18.5. The van der Waals surface area contributed by atoms with Gasteiger partial charge in [-0.2, -0.15) is 0 Å². The first kappa shape index (κ1) is 22.0. The van der Waals surface area contributed by atoms with E-state index in [0.717, 1.165) is 57.8 Å². The molecule has 24 heavy (non-hydrogen) atoms. The lowest BCUT2D eigenvalue weighted by Crippen LogP contribution is -2.40. The van der Waals surface area contributed by atoms with Gasteiger partial charge < -0.3 is 19.7 Å². The van der Waals surface area contributed by atoms with E-state index < -0.39 is 0 Å². The maximum absolute atomic E-state index is 5.89. The van der Waals surface area contributed by atoms with Crippen LogP contribution < -0.4 is 5.32 Å². The van der Waals surface area contributed by atoms with Crippen molar-refractivity contribution in [1.29, 1.82) is 0 Å². The third-order valence-corrected chi connectivity index (χ3v) is 4.54. The molecule has 0 aromatic rings. The second kappa shape index (κ2) is 13.2. The number of likely N-dealkylation sites (N-methyl/N-ethyl adjacent to an activating group) is 1. The Morgan fingerprint density at radius 3 is 2.58 bits per heavy atom. The highest BCUT2D eigenvalue weighted by Gasteiger charge is 2.21. The molecule has 0 atom stereocenters. The van der Waals surface area contributed by atoms with Crippen LogP contribution in [0.2, 0.25) is 0 Å². The van der Waals surface area contributed by atoms with E-state index in [1.165, 1.54) is 38.5 Å². The Morgan fingerprint density at radius 2 is 1.92 bits per heavy atom. The van der Waals surface area contributed by atoms with Gasteiger partial charge in [-0.3, -0.25) is 4.99 Å². The van der Waals surface area contributed by atoms with Crippen molar-refractivity contribution in [3.8, 4) is 0 Å². The van der Waals surface area contributed by atoms with E-state index in [4.69, 9.17) is 14.5 Å². The second-order valence-corrected chi connectivity index (χ2v) is 6.81.